The minimum Gasteiger partial charge on any atom is -0.870 e. The van der Waals surface area contributed by atoms with Crippen LogP contribution in [0.5, 0.6) is 34.5 Å². The Morgan fingerprint density at radius 1 is 0.547 bits per heavy atom. The fourth-order valence-corrected chi connectivity index (χ4v) is 7.24. The average Bonchev–Trinajstić information content (AvgIpc) is 3.10. The number of phenolic OH excluding ortho intramolecular Hbond substituents is 1. The van der Waals surface area contributed by atoms with Gasteiger partial charge >= 0.3 is 37.7 Å². The number of phenols is 1. The molecular formula is C40H50CaO10S2. The molecule has 0 aliphatic heterocycles. The van der Waals surface area contributed by atoms with Crippen LogP contribution in [0, 0.1) is 0 Å². The van der Waals surface area contributed by atoms with Crippen molar-refractivity contribution in [3.63, 3.8) is 0 Å². The Hall–Kier alpha value is -2.84. The minimum absolute atomic E-state index is 0. The molecule has 2 N–H and O–H groups in total. The molecule has 0 fully saturated rings. The van der Waals surface area contributed by atoms with Crippen LogP contribution in [0.15, 0.2) is 94.7 Å². The van der Waals surface area contributed by atoms with Crippen molar-refractivity contribution in [2.75, 3.05) is 0 Å². The quantitative estimate of drug-likeness (QED) is 0.0499. The van der Waals surface area contributed by atoms with Crippen molar-refractivity contribution < 1.29 is 45.6 Å². The summed E-state index contributed by atoms with van der Waals surface area (Å²) in [6.45, 7) is 4.30. The maximum absolute atomic E-state index is 11.9. The molecule has 0 radical (unpaired) electrons. The first-order valence-electron chi connectivity index (χ1n) is 17.9. The molecule has 4 aromatic carbocycles. The SMILES string of the molecule is CCCCCCCCc1c(Oc2ccccc2O)cccc1S(=O)(=O)O.CCCCCCCCc1c(Oc2ccccc2[O-])cccc1S(=O)(=O)[O-].[Ca+2]. The second-order valence-corrected chi connectivity index (χ2v) is 15.3. The summed E-state index contributed by atoms with van der Waals surface area (Å²) in [6.07, 6.45) is 13.6. The van der Waals surface area contributed by atoms with Gasteiger partial charge in [-0.25, -0.2) is 8.42 Å². The summed E-state index contributed by atoms with van der Waals surface area (Å²) in [5, 5.41) is 21.8. The van der Waals surface area contributed by atoms with E-state index in [1.54, 1.807) is 42.5 Å². The molecule has 13 heteroatoms. The third-order valence-electron chi connectivity index (χ3n) is 8.44. The Labute approximate surface area is 345 Å². The second-order valence-electron chi connectivity index (χ2n) is 12.5. The van der Waals surface area contributed by atoms with Crippen molar-refractivity contribution in [1.29, 1.82) is 0 Å². The molecule has 53 heavy (non-hydrogen) atoms. The van der Waals surface area contributed by atoms with E-state index in [1.807, 2.05) is 0 Å². The number of ether oxygens (including phenoxy) is 2. The summed E-state index contributed by atoms with van der Waals surface area (Å²) in [4.78, 5) is -0.411. The number of benzene rings is 4. The molecule has 0 unspecified atom stereocenters. The smallest absolute Gasteiger partial charge is 0.870 e. The first-order valence-corrected chi connectivity index (χ1v) is 20.8. The molecule has 0 atom stereocenters. The van der Waals surface area contributed by atoms with E-state index in [2.05, 4.69) is 13.8 Å². The van der Waals surface area contributed by atoms with Crippen molar-refractivity contribution >= 4 is 58.0 Å². The molecule has 0 bridgehead atoms. The van der Waals surface area contributed by atoms with Gasteiger partial charge in [-0.15, -0.1) is 0 Å². The second kappa shape index (κ2) is 23.8. The third-order valence-corrected chi connectivity index (χ3v) is 10.3. The Morgan fingerprint density at radius 3 is 1.45 bits per heavy atom. The molecule has 4 rings (SSSR count). The van der Waals surface area contributed by atoms with Crippen LogP contribution in [0.3, 0.4) is 0 Å². The average molecular weight is 795 g/mol. The van der Waals surface area contributed by atoms with Gasteiger partial charge in [0.1, 0.15) is 32.3 Å². The summed E-state index contributed by atoms with van der Waals surface area (Å²) >= 11 is 0. The molecule has 0 spiro atoms. The summed E-state index contributed by atoms with van der Waals surface area (Å²) in [7, 11) is -8.97. The maximum atomic E-state index is 11.9. The van der Waals surface area contributed by atoms with Gasteiger partial charge in [0.05, 0.1) is 4.90 Å². The fourth-order valence-electron chi connectivity index (χ4n) is 5.73. The molecular weight excluding hydrogens is 745 g/mol. The molecule has 0 saturated heterocycles. The molecule has 0 amide bonds. The summed E-state index contributed by atoms with van der Waals surface area (Å²) in [5.41, 5.74) is 0.787. The van der Waals surface area contributed by atoms with Crippen molar-refractivity contribution in [3.05, 3.63) is 96.1 Å². The van der Waals surface area contributed by atoms with Crippen molar-refractivity contribution in [3.8, 4) is 34.5 Å². The number of hydrogen-bond acceptors (Lipinski definition) is 9. The number of unbranched alkanes of at least 4 members (excludes halogenated alkanes) is 10. The van der Waals surface area contributed by atoms with Crippen molar-refractivity contribution in [2.45, 2.75) is 114 Å². The van der Waals surface area contributed by atoms with Crippen LogP contribution in [-0.4, -0.2) is 68.8 Å². The third kappa shape index (κ3) is 15.8. The predicted octanol–water partition coefficient (Wildman–Crippen LogP) is 9.31. The van der Waals surface area contributed by atoms with Gasteiger partial charge in [-0.1, -0.05) is 126 Å². The molecule has 0 aliphatic carbocycles. The van der Waals surface area contributed by atoms with Gasteiger partial charge in [0.15, 0.2) is 11.5 Å². The number of hydrogen-bond donors (Lipinski definition) is 2. The van der Waals surface area contributed by atoms with Crippen LogP contribution in [0.4, 0.5) is 0 Å². The zero-order valence-electron chi connectivity index (χ0n) is 30.7. The molecule has 0 saturated carbocycles. The molecule has 10 nitrogen and oxygen atoms in total. The largest absolute Gasteiger partial charge is 2.00 e. The van der Waals surface area contributed by atoms with Crippen LogP contribution in [0.2, 0.25) is 0 Å². The first-order chi connectivity index (χ1) is 24.9. The van der Waals surface area contributed by atoms with E-state index in [9.17, 15) is 36.2 Å². The van der Waals surface area contributed by atoms with Crippen LogP contribution < -0.4 is 14.6 Å². The molecule has 284 valence electrons. The fraction of sp³-hybridized carbons (Fsp3) is 0.400. The Kier molecular flexibility index (Phi) is 20.8. The van der Waals surface area contributed by atoms with E-state index in [-0.39, 0.29) is 76.3 Å². The minimum atomic E-state index is -4.62. The van der Waals surface area contributed by atoms with Crippen molar-refractivity contribution in [1.82, 2.24) is 0 Å². The molecule has 4 aromatic rings. The monoisotopic (exact) mass is 794 g/mol. The summed E-state index contributed by atoms with van der Waals surface area (Å²) < 4.78 is 79.3. The van der Waals surface area contributed by atoms with Gasteiger partial charge in [0, 0.05) is 11.1 Å². The van der Waals surface area contributed by atoms with Crippen LogP contribution in [0.1, 0.15) is 102 Å². The zero-order valence-corrected chi connectivity index (χ0v) is 34.5. The van der Waals surface area contributed by atoms with Crippen LogP contribution >= 0.6 is 0 Å². The van der Waals surface area contributed by atoms with E-state index in [0.717, 1.165) is 57.8 Å². The molecule has 0 heterocycles. The van der Waals surface area contributed by atoms with Gasteiger partial charge in [-0.3, -0.25) is 4.55 Å². The first kappa shape index (κ1) is 46.3. The van der Waals surface area contributed by atoms with Crippen LogP contribution in [0.25, 0.3) is 0 Å². The standard InChI is InChI=1S/2C20H26O5S.Ca/c2*1-2-3-4-5-6-7-11-16-18(14-10-15-20(16)26(22,23)24)25-19-13-9-8-12-17(19)21;/h2*8-10,12-15,21H,2-7,11H2,1H3,(H,22,23,24);/q;;+2/p-2. The number of rotatable bonds is 20. The summed E-state index contributed by atoms with van der Waals surface area (Å²) in [6, 6.07) is 21.5. The molecule has 0 aromatic heterocycles. The summed E-state index contributed by atoms with van der Waals surface area (Å²) in [5.74, 6) is 0.596. The van der Waals surface area contributed by atoms with E-state index in [1.165, 1.54) is 61.7 Å². The number of para-hydroxylation sites is 4. The Bertz CT molecular complexity index is 1780. The number of aromatic hydroxyl groups is 1. The van der Waals surface area contributed by atoms with E-state index >= 15 is 0 Å². The predicted molar refractivity (Wildman–Crippen MR) is 205 cm³/mol. The van der Waals surface area contributed by atoms with E-state index < -0.39 is 20.2 Å². The van der Waals surface area contributed by atoms with Crippen molar-refractivity contribution in [2.24, 2.45) is 0 Å². The van der Waals surface area contributed by atoms with Gasteiger partial charge in [0.25, 0.3) is 10.1 Å². The van der Waals surface area contributed by atoms with Gasteiger partial charge in [-0.2, -0.15) is 8.42 Å². The molecule has 0 aliphatic rings. The van der Waals surface area contributed by atoms with Gasteiger partial charge < -0.3 is 24.2 Å². The zero-order chi connectivity index (χ0) is 38.0. The topological polar surface area (TPSA) is 173 Å². The normalized spacial score (nSPS) is 11.2. The van der Waals surface area contributed by atoms with E-state index in [0.29, 0.717) is 29.7 Å². The van der Waals surface area contributed by atoms with Gasteiger partial charge in [-0.05, 0) is 68.1 Å². The maximum Gasteiger partial charge on any atom is 2.00 e. The van der Waals surface area contributed by atoms with E-state index in [4.69, 9.17) is 9.47 Å². The van der Waals surface area contributed by atoms with Gasteiger partial charge in [0.2, 0.25) is 0 Å². The van der Waals surface area contributed by atoms with Crippen LogP contribution in [-0.2, 0) is 33.1 Å². The Morgan fingerprint density at radius 2 is 0.962 bits per heavy atom. The Balaban J connectivity index is 0.000000360.